The van der Waals surface area contributed by atoms with Gasteiger partial charge in [0, 0.05) is 0 Å². The van der Waals surface area contributed by atoms with Gasteiger partial charge < -0.3 is 4.74 Å². The number of ether oxygens (including phenoxy) is 1. The smallest absolute Gasteiger partial charge is 0.416 e. The zero-order valence-electron chi connectivity index (χ0n) is 12.8. The van der Waals surface area contributed by atoms with Gasteiger partial charge in [-0.25, -0.2) is 13.2 Å². The number of thiophene rings is 1. The SMILES string of the molecule is COC(=O)c1cc(C)c(S(=O)(=O)Nc2cc(C(F)(F)F)ccc2Cl)s1. The molecule has 2 rings (SSSR count). The molecule has 25 heavy (non-hydrogen) atoms. The number of nitrogens with one attached hydrogen (secondary N) is 1. The second kappa shape index (κ2) is 6.85. The number of methoxy groups -OCH3 is 1. The molecule has 1 aromatic heterocycles. The molecule has 0 radical (unpaired) electrons. The average Bonchev–Trinajstić information content (AvgIpc) is 2.90. The van der Waals surface area contributed by atoms with E-state index in [0.717, 1.165) is 19.2 Å². The van der Waals surface area contributed by atoms with E-state index in [1.165, 1.54) is 13.0 Å². The molecule has 1 aromatic carbocycles. The van der Waals surface area contributed by atoms with Gasteiger partial charge in [-0.1, -0.05) is 11.6 Å². The van der Waals surface area contributed by atoms with Gasteiger partial charge in [-0.3, -0.25) is 4.72 Å². The van der Waals surface area contributed by atoms with Crippen LogP contribution < -0.4 is 4.72 Å². The molecule has 0 amide bonds. The lowest BCUT2D eigenvalue weighted by molar-refractivity contribution is -0.137. The monoisotopic (exact) mass is 413 g/mol. The van der Waals surface area contributed by atoms with E-state index >= 15 is 0 Å². The van der Waals surface area contributed by atoms with Gasteiger partial charge in [0.25, 0.3) is 10.0 Å². The summed E-state index contributed by atoms with van der Waals surface area (Å²) in [4.78, 5) is 11.6. The number of alkyl halides is 3. The van der Waals surface area contributed by atoms with Crippen molar-refractivity contribution in [3.63, 3.8) is 0 Å². The Balaban J connectivity index is 2.43. The molecule has 0 aliphatic rings. The minimum absolute atomic E-state index is 0.0514. The van der Waals surface area contributed by atoms with Crippen LogP contribution in [0.1, 0.15) is 20.8 Å². The molecule has 0 spiro atoms. The Morgan fingerprint density at radius 2 is 1.92 bits per heavy atom. The number of aryl methyl sites for hydroxylation is 1. The molecule has 0 aliphatic heterocycles. The summed E-state index contributed by atoms with van der Waals surface area (Å²) < 4.78 is 69.6. The normalized spacial score (nSPS) is 12.1. The van der Waals surface area contributed by atoms with Gasteiger partial charge in [0.15, 0.2) is 0 Å². The molecule has 1 heterocycles. The fourth-order valence-corrected chi connectivity index (χ4v) is 4.81. The Morgan fingerprint density at radius 3 is 2.48 bits per heavy atom. The summed E-state index contributed by atoms with van der Waals surface area (Å²) in [5, 5.41) is -0.195. The number of rotatable bonds is 4. The first-order valence-electron chi connectivity index (χ1n) is 6.54. The van der Waals surface area contributed by atoms with Crippen LogP contribution in [-0.4, -0.2) is 21.5 Å². The van der Waals surface area contributed by atoms with Crippen molar-refractivity contribution in [3.8, 4) is 0 Å². The molecule has 5 nitrogen and oxygen atoms in total. The van der Waals surface area contributed by atoms with Crippen molar-refractivity contribution >= 4 is 44.6 Å². The van der Waals surface area contributed by atoms with Crippen molar-refractivity contribution in [1.82, 2.24) is 0 Å². The van der Waals surface area contributed by atoms with Gasteiger partial charge >= 0.3 is 12.1 Å². The summed E-state index contributed by atoms with van der Waals surface area (Å²) in [6, 6.07) is 3.61. The molecule has 2 aromatic rings. The van der Waals surface area contributed by atoms with Gasteiger partial charge in [-0.15, -0.1) is 11.3 Å². The van der Waals surface area contributed by atoms with Crippen molar-refractivity contribution in [2.24, 2.45) is 0 Å². The topological polar surface area (TPSA) is 72.5 Å². The minimum Gasteiger partial charge on any atom is -0.465 e. The lowest BCUT2D eigenvalue weighted by Crippen LogP contribution is -2.14. The number of anilines is 1. The van der Waals surface area contributed by atoms with Crippen LogP contribution in [0.15, 0.2) is 28.5 Å². The van der Waals surface area contributed by atoms with Crippen LogP contribution in [0.5, 0.6) is 0 Å². The first-order valence-corrected chi connectivity index (χ1v) is 9.22. The van der Waals surface area contributed by atoms with Crippen LogP contribution in [-0.2, 0) is 20.9 Å². The molecule has 0 bridgehead atoms. The number of sulfonamides is 1. The van der Waals surface area contributed by atoms with Gasteiger partial charge in [0.1, 0.15) is 9.09 Å². The second-order valence-electron chi connectivity index (χ2n) is 4.87. The van der Waals surface area contributed by atoms with E-state index in [2.05, 4.69) is 4.74 Å². The van der Waals surface area contributed by atoms with Crippen molar-refractivity contribution in [1.29, 1.82) is 0 Å². The second-order valence-corrected chi connectivity index (χ2v) is 8.21. The van der Waals surface area contributed by atoms with Gasteiger partial charge in [-0.05, 0) is 36.8 Å². The third kappa shape index (κ3) is 4.25. The summed E-state index contributed by atoms with van der Waals surface area (Å²) in [5.41, 5.74) is -1.21. The number of hydrogen-bond acceptors (Lipinski definition) is 5. The molecule has 0 aliphatic carbocycles. The number of esters is 1. The van der Waals surface area contributed by atoms with E-state index in [0.29, 0.717) is 17.4 Å². The predicted molar refractivity (Wildman–Crippen MR) is 87.7 cm³/mol. The van der Waals surface area contributed by atoms with E-state index in [-0.39, 0.29) is 19.7 Å². The Labute approximate surface area is 150 Å². The number of halogens is 4. The molecular weight excluding hydrogens is 403 g/mol. The zero-order chi connectivity index (χ0) is 19.0. The molecule has 1 N–H and O–H groups in total. The van der Waals surface area contributed by atoms with Crippen LogP contribution in [0.3, 0.4) is 0 Å². The predicted octanol–water partition coefficient (Wildman–Crippen LogP) is 4.32. The zero-order valence-corrected chi connectivity index (χ0v) is 15.2. The minimum atomic E-state index is -4.65. The fraction of sp³-hybridized carbons (Fsp3) is 0.214. The van der Waals surface area contributed by atoms with Crippen molar-refractivity contribution in [2.75, 3.05) is 11.8 Å². The highest BCUT2D eigenvalue weighted by Gasteiger charge is 2.32. The van der Waals surface area contributed by atoms with Gasteiger partial charge in [-0.2, -0.15) is 13.2 Å². The van der Waals surface area contributed by atoms with Crippen LogP contribution in [0.2, 0.25) is 5.02 Å². The largest absolute Gasteiger partial charge is 0.465 e. The summed E-state index contributed by atoms with van der Waals surface area (Å²) in [7, 11) is -3.10. The van der Waals surface area contributed by atoms with Crippen molar-refractivity contribution in [3.05, 3.63) is 45.3 Å². The molecule has 0 saturated heterocycles. The van der Waals surface area contributed by atoms with Crippen molar-refractivity contribution in [2.45, 2.75) is 17.3 Å². The van der Waals surface area contributed by atoms with Crippen LogP contribution in [0.25, 0.3) is 0 Å². The molecule has 0 fully saturated rings. The van der Waals surface area contributed by atoms with Crippen LogP contribution >= 0.6 is 22.9 Å². The molecule has 0 atom stereocenters. The molecule has 11 heteroatoms. The first kappa shape index (κ1) is 19.5. The van der Waals surface area contributed by atoms with Gasteiger partial charge in [0.2, 0.25) is 0 Å². The number of carbonyl (C=O) groups excluding carboxylic acids is 1. The Kier molecular flexibility index (Phi) is 5.35. The Morgan fingerprint density at radius 1 is 1.28 bits per heavy atom. The van der Waals surface area contributed by atoms with E-state index in [9.17, 15) is 26.4 Å². The van der Waals surface area contributed by atoms with E-state index in [4.69, 9.17) is 11.6 Å². The maximum atomic E-state index is 12.8. The molecule has 0 saturated carbocycles. The Hall–Kier alpha value is -1.78. The van der Waals surface area contributed by atoms with E-state index in [1.54, 1.807) is 0 Å². The third-order valence-electron chi connectivity index (χ3n) is 3.04. The highest BCUT2D eigenvalue weighted by atomic mass is 35.5. The van der Waals surface area contributed by atoms with E-state index in [1.807, 2.05) is 4.72 Å². The number of carbonyl (C=O) groups is 1. The highest BCUT2D eigenvalue weighted by Crippen LogP contribution is 2.35. The summed E-state index contributed by atoms with van der Waals surface area (Å²) in [6.45, 7) is 1.45. The fourth-order valence-electron chi connectivity index (χ4n) is 1.90. The van der Waals surface area contributed by atoms with Crippen LogP contribution in [0, 0.1) is 6.92 Å². The number of hydrogen-bond donors (Lipinski definition) is 1. The van der Waals surface area contributed by atoms with Crippen molar-refractivity contribution < 1.29 is 31.1 Å². The van der Waals surface area contributed by atoms with Crippen LogP contribution in [0.4, 0.5) is 18.9 Å². The van der Waals surface area contributed by atoms with Gasteiger partial charge in [0.05, 0.1) is 23.4 Å². The number of benzene rings is 1. The standard InChI is InChI=1S/C14H11ClF3NO4S2/c1-7-5-11(12(20)23-2)24-13(7)25(21,22)19-10-6-8(14(16,17)18)3-4-9(10)15/h3-6,19H,1-2H3. The van der Waals surface area contributed by atoms with E-state index < -0.39 is 33.4 Å². The summed E-state index contributed by atoms with van der Waals surface area (Å²) >= 11 is 6.44. The maximum absolute atomic E-state index is 12.8. The average molecular weight is 414 g/mol. The quantitative estimate of drug-likeness (QED) is 0.758. The molecule has 136 valence electrons. The molecule has 0 unspecified atom stereocenters. The lowest BCUT2D eigenvalue weighted by atomic mass is 10.2. The molecular formula is C14H11ClF3NO4S2. The Bertz CT molecular complexity index is 923. The summed E-state index contributed by atoms with van der Waals surface area (Å²) in [6.07, 6.45) is -4.65. The lowest BCUT2D eigenvalue weighted by Gasteiger charge is -2.12. The third-order valence-corrected chi connectivity index (χ3v) is 6.59. The highest BCUT2D eigenvalue weighted by molar-refractivity contribution is 7.94. The summed E-state index contributed by atoms with van der Waals surface area (Å²) in [5.74, 6) is -0.716. The first-order chi connectivity index (χ1) is 11.5. The maximum Gasteiger partial charge on any atom is 0.416 e.